The number of carbonyl (C=O) groups excluding carboxylic acids is 6. The minimum Gasteiger partial charge on any atom is -0.463 e. The molecule has 17 heteroatoms. The quantitative estimate of drug-likeness (QED) is 0.131. The predicted molar refractivity (Wildman–Crippen MR) is 138 cm³/mol. The van der Waals surface area contributed by atoms with E-state index in [0.717, 1.165) is 41.5 Å². The Balaban J connectivity index is 2.58. The van der Waals surface area contributed by atoms with Crippen LogP contribution >= 0.6 is 22.6 Å². The highest BCUT2D eigenvalue weighted by atomic mass is 127. The van der Waals surface area contributed by atoms with E-state index in [0.29, 0.717) is 0 Å². The molecule has 1 N–H and O–H groups in total. The maximum absolute atomic E-state index is 12.1. The van der Waals surface area contributed by atoms with Crippen LogP contribution in [-0.2, 0) is 71.4 Å². The van der Waals surface area contributed by atoms with Crippen molar-refractivity contribution in [3.63, 3.8) is 0 Å². The highest BCUT2D eigenvalue weighted by Gasteiger charge is 2.56. The van der Waals surface area contributed by atoms with Gasteiger partial charge in [0.15, 0.2) is 30.9 Å². The summed E-state index contributed by atoms with van der Waals surface area (Å²) in [6, 6.07) is 0. The molecule has 0 amide bonds. The third kappa shape index (κ3) is 10.3. The third-order valence-corrected chi connectivity index (χ3v) is 6.91. The van der Waals surface area contributed by atoms with Gasteiger partial charge in [-0.05, 0) is 0 Å². The predicted octanol–water partition coefficient (Wildman–Crippen LogP) is -0.530. The van der Waals surface area contributed by atoms with Crippen molar-refractivity contribution in [3.8, 4) is 0 Å². The number of aliphatic hydroxyl groups excluding tert-OH is 1. The second kappa shape index (κ2) is 15.6. The molecule has 2 aliphatic heterocycles. The number of esters is 6. The zero-order valence-corrected chi connectivity index (χ0v) is 25.3. The Morgan fingerprint density at radius 1 is 0.585 bits per heavy atom. The second-order valence-electron chi connectivity index (χ2n) is 9.05. The minimum absolute atomic E-state index is 0.455. The first-order chi connectivity index (χ1) is 19.1. The lowest BCUT2D eigenvalue weighted by atomic mass is 9.97. The van der Waals surface area contributed by atoms with Crippen molar-refractivity contribution in [3.05, 3.63) is 0 Å². The lowest BCUT2D eigenvalue weighted by Crippen LogP contribution is -2.66. The maximum atomic E-state index is 12.1. The van der Waals surface area contributed by atoms with E-state index in [1.807, 2.05) is 0 Å². The lowest BCUT2D eigenvalue weighted by Gasteiger charge is -2.47. The number of rotatable bonds is 10. The van der Waals surface area contributed by atoms with Crippen LogP contribution < -0.4 is 0 Å². The summed E-state index contributed by atoms with van der Waals surface area (Å²) in [5.74, 6) is -4.67. The third-order valence-electron chi connectivity index (χ3n) is 5.58. The first kappa shape index (κ1) is 34.6. The second-order valence-corrected chi connectivity index (χ2v) is 10.5. The van der Waals surface area contributed by atoms with Crippen LogP contribution in [0.15, 0.2) is 0 Å². The van der Waals surface area contributed by atoms with Crippen molar-refractivity contribution in [2.75, 3.05) is 13.2 Å². The van der Waals surface area contributed by atoms with Gasteiger partial charge in [-0.1, -0.05) is 22.6 Å². The van der Waals surface area contributed by atoms with E-state index in [2.05, 4.69) is 0 Å². The van der Waals surface area contributed by atoms with Gasteiger partial charge in [0.25, 0.3) is 0 Å². The number of halogens is 1. The van der Waals surface area contributed by atoms with Crippen LogP contribution in [0.5, 0.6) is 0 Å². The van der Waals surface area contributed by atoms with Gasteiger partial charge >= 0.3 is 35.8 Å². The first-order valence-corrected chi connectivity index (χ1v) is 13.6. The fourth-order valence-corrected chi connectivity index (χ4v) is 4.89. The monoisotopic (exact) mass is 704 g/mol. The van der Waals surface area contributed by atoms with Crippen molar-refractivity contribution in [1.29, 1.82) is 0 Å². The van der Waals surface area contributed by atoms with Crippen molar-refractivity contribution in [2.24, 2.45) is 0 Å². The molecule has 0 aliphatic carbocycles. The van der Waals surface area contributed by atoms with Crippen LogP contribution in [0, 0.1) is 0 Å². The van der Waals surface area contributed by atoms with Crippen LogP contribution in [0.4, 0.5) is 0 Å². The van der Waals surface area contributed by atoms with Crippen molar-refractivity contribution >= 4 is 58.4 Å². The summed E-state index contributed by atoms with van der Waals surface area (Å²) in [6.07, 6.45) is -12.8. The number of aliphatic hydroxyl groups is 1. The van der Waals surface area contributed by atoms with Gasteiger partial charge in [0.05, 0.1) is 0 Å². The summed E-state index contributed by atoms with van der Waals surface area (Å²) in [5.41, 5.74) is 0. The van der Waals surface area contributed by atoms with E-state index in [9.17, 15) is 33.9 Å². The molecule has 0 spiro atoms. The maximum Gasteiger partial charge on any atom is 0.303 e. The molecular weight excluding hydrogens is 671 g/mol. The number of carbonyl (C=O) groups is 6. The van der Waals surface area contributed by atoms with Crippen LogP contribution in [-0.4, -0.2) is 113 Å². The average molecular weight is 704 g/mol. The van der Waals surface area contributed by atoms with E-state index in [4.69, 9.17) is 42.6 Å². The molecule has 0 aromatic carbocycles. The van der Waals surface area contributed by atoms with Crippen LogP contribution in [0.2, 0.25) is 0 Å². The Morgan fingerprint density at radius 2 is 1.00 bits per heavy atom. The molecule has 2 saturated heterocycles. The number of ether oxygens (including phenoxy) is 9. The van der Waals surface area contributed by atoms with Gasteiger partial charge in [0.1, 0.15) is 41.6 Å². The number of hydrogen-bond acceptors (Lipinski definition) is 16. The van der Waals surface area contributed by atoms with Gasteiger partial charge in [-0.15, -0.1) is 0 Å². The van der Waals surface area contributed by atoms with E-state index in [1.165, 1.54) is 0 Å². The van der Waals surface area contributed by atoms with Crippen LogP contribution in [0.25, 0.3) is 0 Å². The van der Waals surface area contributed by atoms with Crippen molar-refractivity contribution < 1.29 is 76.5 Å². The highest BCUT2D eigenvalue weighted by Crippen LogP contribution is 2.35. The molecule has 41 heavy (non-hydrogen) atoms. The smallest absolute Gasteiger partial charge is 0.303 e. The van der Waals surface area contributed by atoms with E-state index in [1.54, 1.807) is 22.6 Å². The number of alkyl halides is 1. The van der Waals surface area contributed by atoms with E-state index >= 15 is 0 Å². The summed E-state index contributed by atoms with van der Waals surface area (Å²) in [6.45, 7) is 5.62. The fraction of sp³-hybridized carbons (Fsp3) is 0.750. The van der Waals surface area contributed by atoms with E-state index < -0.39 is 108 Å². The molecule has 0 bridgehead atoms. The molecule has 16 nitrogen and oxygen atoms in total. The zero-order valence-electron chi connectivity index (χ0n) is 23.1. The molecule has 2 fully saturated rings. The standard InChI is InChI=1S/C24H33IO16/c1-9(26)33-7-15-18(20(36-12(4)29)17(25)23(32)39-15)41-24-22(38-14(6)31)21(37-13(5)30)19(35-11(3)28)16(40-24)8-34-10(2)27/h15-24,32H,7-8H2,1-6H3. The van der Waals surface area contributed by atoms with E-state index in [-0.39, 0.29) is 0 Å². The molecular formula is C24H33IO16. The summed E-state index contributed by atoms with van der Waals surface area (Å²) in [5, 5.41) is 10.4. The van der Waals surface area contributed by atoms with Gasteiger partial charge in [0.2, 0.25) is 0 Å². The Hall–Kier alpha value is -2.61. The Labute approximate surface area is 248 Å². The topological polar surface area (TPSA) is 206 Å². The molecule has 0 radical (unpaired) electrons. The van der Waals surface area contributed by atoms with Crippen molar-refractivity contribution in [1.82, 2.24) is 0 Å². The molecule has 10 atom stereocenters. The number of hydrogen-bond donors (Lipinski definition) is 1. The lowest BCUT2D eigenvalue weighted by molar-refractivity contribution is -0.342. The molecule has 0 saturated carbocycles. The van der Waals surface area contributed by atoms with Gasteiger partial charge in [-0.3, -0.25) is 28.8 Å². The molecule has 10 unspecified atom stereocenters. The summed E-state index contributed by atoms with van der Waals surface area (Å²) < 4.78 is 48.4. The SMILES string of the molecule is CC(=O)OCC1OC(O)C(I)C(OC(C)=O)C1OC1OC(COC(C)=O)C(OC(C)=O)C(OC(C)=O)C1OC(C)=O. The van der Waals surface area contributed by atoms with Crippen LogP contribution in [0.3, 0.4) is 0 Å². The summed E-state index contributed by atoms with van der Waals surface area (Å²) in [7, 11) is 0. The molecule has 0 aromatic rings. The minimum atomic E-state index is -1.65. The fourth-order valence-electron chi connectivity index (χ4n) is 4.16. The Kier molecular flexibility index (Phi) is 13.1. The Morgan fingerprint density at radius 3 is 1.46 bits per heavy atom. The van der Waals surface area contributed by atoms with Gasteiger partial charge in [-0.2, -0.15) is 0 Å². The molecule has 2 heterocycles. The Bertz CT molecular complexity index is 987. The average Bonchev–Trinajstić information content (AvgIpc) is 2.83. The summed E-state index contributed by atoms with van der Waals surface area (Å²) >= 11 is 1.78. The van der Waals surface area contributed by atoms with Crippen molar-refractivity contribution in [2.45, 2.75) is 101 Å². The molecule has 2 aliphatic rings. The molecule has 232 valence electrons. The normalized spacial score (nSPS) is 33.1. The van der Waals surface area contributed by atoms with Gasteiger partial charge < -0.3 is 47.7 Å². The summed E-state index contributed by atoms with van der Waals surface area (Å²) in [4.78, 5) is 71.2. The van der Waals surface area contributed by atoms with Gasteiger partial charge in [-0.25, -0.2) is 0 Å². The zero-order chi connectivity index (χ0) is 31.0. The van der Waals surface area contributed by atoms with Crippen LogP contribution in [0.1, 0.15) is 41.5 Å². The first-order valence-electron chi connectivity index (χ1n) is 12.3. The molecule has 2 rings (SSSR count). The molecule has 0 aromatic heterocycles. The largest absolute Gasteiger partial charge is 0.463 e. The highest BCUT2D eigenvalue weighted by molar-refractivity contribution is 14.1. The van der Waals surface area contributed by atoms with Gasteiger partial charge in [0, 0.05) is 41.5 Å².